The van der Waals surface area contributed by atoms with Gasteiger partial charge in [0.25, 0.3) is 0 Å². The summed E-state index contributed by atoms with van der Waals surface area (Å²) >= 11 is 0. The lowest BCUT2D eigenvalue weighted by atomic mass is 9.74. The Morgan fingerprint density at radius 2 is 1.58 bits per heavy atom. The molecule has 2 fully saturated rings. The van der Waals surface area contributed by atoms with Crippen molar-refractivity contribution in [2.45, 2.75) is 75.7 Å². The topological polar surface area (TPSA) is 57.5 Å². The maximum absolute atomic E-state index is 12.0. The Morgan fingerprint density at radius 1 is 0.903 bits per heavy atom. The van der Waals surface area contributed by atoms with E-state index in [2.05, 4.69) is 23.7 Å². The Hall–Kier alpha value is -2.75. The standard InChI is InChI=1S/C28H30O3/c29-24-15-14-22(26(19-24)21-9-3-1-4-10-21)11-7-8-17-28(31)18-16-25(30)20-27(28)23-12-5-2-6-13-23/h14-16,18-21,23,29,31H,1-6,9-10,12-13H2. The first-order valence-corrected chi connectivity index (χ1v) is 11.6. The highest BCUT2D eigenvalue weighted by atomic mass is 16.3. The van der Waals surface area contributed by atoms with Crippen LogP contribution in [0.15, 0.2) is 42.0 Å². The van der Waals surface area contributed by atoms with Gasteiger partial charge in [-0.05, 0) is 103 Å². The summed E-state index contributed by atoms with van der Waals surface area (Å²) in [4.78, 5) is 12.0. The molecule has 0 saturated heterocycles. The molecule has 2 saturated carbocycles. The fourth-order valence-corrected chi connectivity index (χ4v) is 5.21. The van der Waals surface area contributed by atoms with Crippen LogP contribution in [0.2, 0.25) is 0 Å². The molecule has 1 unspecified atom stereocenters. The van der Waals surface area contributed by atoms with E-state index in [0.717, 1.165) is 55.2 Å². The number of phenolic OH excluding ortho intramolecular Hbond substituents is 1. The van der Waals surface area contributed by atoms with Gasteiger partial charge in [0.15, 0.2) is 11.4 Å². The van der Waals surface area contributed by atoms with Crippen molar-refractivity contribution in [3.8, 4) is 29.4 Å². The highest BCUT2D eigenvalue weighted by Crippen LogP contribution is 2.38. The molecule has 0 amide bonds. The van der Waals surface area contributed by atoms with Crippen molar-refractivity contribution in [3.63, 3.8) is 0 Å². The molecule has 0 aromatic heterocycles. The van der Waals surface area contributed by atoms with Crippen LogP contribution < -0.4 is 0 Å². The van der Waals surface area contributed by atoms with Crippen LogP contribution in [0.5, 0.6) is 5.75 Å². The Morgan fingerprint density at radius 3 is 2.29 bits per heavy atom. The number of hydrogen-bond acceptors (Lipinski definition) is 3. The zero-order valence-electron chi connectivity index (χ0n) is 18.0. The van der Waals surface area contributed by atoms with Gasteiger partial charge in [0, 0.05) is 5.56 Å². The number of hydrogen-bond donors (Lipinski definition) is 2. The quantitative estimate of drug-likeness (QED) is 0.656. The van der Waals surface area contributed by atoms with E-state index in [1.807, 2.05) is 12.1 Å². The molecule has 31 heavy (non-hydrogen) atoms. The molecule has 1 aromatic carbocycles. The molecule has 3 aliphatic carbocycles. The number of allylic oxidation sites excluding steroid dienone is 2. The number of rotatable bonds is 2. The highest BCUT2D eigenvalue weighted by molar-refractivity contribution is 6.01. The molecule has 3 nitrogen and oxygen atoms in total. The van der Waals surface area contributed by atoms with E-state index in [4.69, 9.17) is 0 Å². The molecule has 2 N–H and O–H groups in total. The lowest BCUT2D eigenvalue weighted by molar-refractivity contribution is -0.110. The Balaban J connectivity index is 1.58. The van der Waals surface area contributed by atoms with E-state index in [-0.39, 0.29) is 17.5 Å². The molecule has 1 atom stereocenters. The summed E-state index contributed by atoms with van der Waals surface area (Å²) in [7, 11) is 0. The van der Waals surface area contributed by atoms with Crippen LogP contribution in [0.25, 0.3) is 0 Å². The summed E-state index contributed by atoms with van der Waals surface area (Å²) in [5, 5.41) is 21.2. The average molecular weight is 415 g/mol. The predicted octanol–water partition coefficient (Wildman–Crippen LogP) is 5.17. The minimum atomic E-state index is -1.42. The van der Waals surface area contributed by atoms with Crippen LogP contribution in [0.3, 0.4) is 0 Å². The Kier molecular flexibility index (Phi) is 6.64. The fourth-order valence-electron chi connectivity index (χ4n) is 5.21. The molecular weight excluding hydrogens is 384 g/mol. The molecule has 0 bridgehead atoms. The number of phenols is 1. The second-order valence-electron chi connectivity index (χ2n) is 9.04. The highest BCUT2D eigenvalue weighted by Gasteiger charge is 2.35. The molecule has 3 aliphatic rings. The third kappa shape index (κ3) is 5.12. The molecule has 1 aromatic rings. The van der Waals surface area contributed by atoms with E-state index in [1.54, 1.807) is 12.1 Å². The van der Waals surface area contributed by atoms with Crippen LogP contribution in [-0.4, -0.2) is 21.6 Å². The van der Waals surface area contributed by atoms with Gasteiger partial charge in [0.05, 0.1) is 0 Å². The first-order chi connectivity index (χ1) is 15.0. The van der Waals surface area contributed by atoms with Crippen molar-refractivity contribution in [2.24, 2.45) is 5.92 Å². The van der Waals surface area contributed by atoms with Crippen molar-refractivity contribution < 1.29 is 15.0 Å². The van der Waals surface area contributed by atoms with E-state index in [9.17, 15) is 15.0 Å². The molecule has 160 valence electrons. The molecule has 0 radical (unpaired) electrons. The van der Waals surface area contributed by atoms with Crippen molar-refractivity contribution in [3.05, 3.63) is 53.1 Å². The van der Waals surface area contributed by atoms with Gasteiger partial charge in [-0.1, -0.05) is 44.4 Å². The van der Waals surface area contributed by atoms with E-state index in [1.165, 1.54) is 37.8 Å². The van der Waals surface area contributed by atoms with Crippen LogP contribution in [0, 0.1) is 29.6 Å². The second kappa shape index (κ2) is 9.59. The summed E-state index contributed by atoms with van der Waals surface area (Å²) in [6.45, 7) is 0. The number of carbonyl (C=O) groups is 1. The number of aromatic hydroxyl groups is 1. The van der Waals surface area contributed by atoms with Crippen molar-refractivity contribution in [1.82, 2.24) is 0 Å². The van der Waals surface area contributed by atoms with Gasteiger partial charge in [-0.3, -0.25) is 4.79 Å². The number of benzene rings is 1. The van der Waals surface area contributed by atoms with Gasteiger partial charge in [-0.25, -0.2) is 0 Å². The zero-order valence-corrected chi connectivity index (χ0v) is 18.0. The maximum atomic E-state index is 12.0. The minimum absolute atomic E-state index is 0.0839. The second-order valence-corrected chi connectivity index (χ2v) is 9.04. The molecule has 3 heteroatoms. The smallest absolute Gasteiger partial charge is 0.178 e. The number of ketones is 1. The number of carbonyl (C=O) groups excluding carboxylic acids is 1. The summed E-state index contributed by atoms with van der Waals surface area (Å²) < 4.78 is 0. The van der Waals surface area contributed by atoms with Gasteiger partial charge >= 0.3 is 0 Å². The largest absolute Gasteiger partial charge is 0.508 e. The molecule has 0 heterocycles. The summed E-state index contributed by atoms with van der Waals surface area (Å²) in [5.41, 5.74) is 1.29. The van der Waals surface area contributed by atoms with Gasteiger partial charge in [-0.2, -0.15) is 0 Å². The predicted molar refractivity (Wildman–Crippen MR) is 122 cm³/mol. The lowest BCUT2D eigenvalue weighted by Crippen LogP contribution is -2.34. The third-order valence-electron chi connectivity index (χ3n) is 6.86. The molecular formula is C28H30O3. The molecule has 4 rings (SSSR count). The normalized spacial score (nSPS) is 24.5. The van der Waals surface area contributed by atoms with E-state index >= 15 is 0 Å². The molecule has 0 spiro atoms. The third-order valence-corrected chi connectivity index (χ3v) is 6.86. The van der Waals surface area contributed by atoms with Gasteiger partial charge in [0.1, 0.15) is 5.75 Å². The Bertz CT molecular complexity index is 1010. The summed E-state index contributed by atoms with van der Waals surface area (Å²) in [5.74, 6) is 12.6. The van der Waals surface area contributed by atoms with Crippen LogP contribution in [0.4, 0.5) is 0 Å². The first kappa shape index (κ1) is 21.5. The SMILES string of the molecule is O=C1C=CC(O)(C#CC#Cc2ccc(O)cc2C2CCCCC2)C(C2CCCCC2)=C1. The monoisotopic (exact) mass is 414 g/mol. The first-order valence-electron chi connectivity index (χ1n) is 11.6. The van der Waals surface area contributed by atoms with Crippen LogP contribution in [-0.2, 0) is 4.79 Å². The summed E-state index contributed by atoms with van der Waals surface area (Å²) in [6, 6.07) is 5.35. The van der Waals surface area contributed by atoms with Crippen LogP contribution in [0.1, 0.15) is 81.3 Å². The van der Waals surface area contributed by atoms with Crippen molar-refractivity contribution in [2.75, 3.05) is 0 Å². The van der Waals surface area contributed by atoms with Crippen molar-refractivity contribution in [1.29, 1.82) is 0 Å². The average Bonchev–Trinajstić information content (AvgIpc) is 2.80. The van der Waals surface area contributed by atoms with E-state index in [0.29, 0.717) is 5.92 Å². The lowest BCUT2D eigenvalue weighted by Gasteiger charge is -2.33. The van der Waals surface area contributed by atoms with Gasteiger partial charge in [0.2, 0.25) is 0 Å². The Labute approximate surface area is 185 Å². The molecule has 0 aliphatic heterocycles. The summed E-state index contributed by atoms with van der Waals surface area (Å²) in [6.07, 6.45) is 15.8. The minimum Gasteiger partial charge on any atom is -0.508 e. The van der Waals surface area contributed by atoms with Gasteiger partial charge in [-0.15, -0.1) is 0 Å². The van der Waals surface area contributed by atoms with E-state index < -0.39 is 5.60 Å². The van der Waals surface area contributed by atoms with Gasteiger partial charge < -0.3 is 10.2 Å². The zero-order chi connectivity index (χ0) is 21.7. The number of aliphatic hydroxyl groups is 1. The van der Waals surface area contributed by atoms with Crippen molar-refractivity contribution >= 4 is 5.78 Å². The van der Waals surface area contributed by atoms with Crippen LogP contribution >= 0.6 is 0 Å². The fraction of sp³-hybridized carbons (Fsp3) is 0.464. The maximum Gasteiger partial charge on any atom is 0.178 e.